The molecule has 0 fully saturated rings. The van der Waals surface area contributed by atoms with E-state index in [0.717, 1.165) is 22.6 Å². The summed E-state index contributed by atoms with van der Waals surface area (Å²) in [5.41, 5.74) is 6.95. The number of methoxy groups -OCH3 is 2. The lowest BCUT2D eigenvalue weighted by molar-refractivity contribution is -0.117. The minimum absolute atomic E-state index is 0.282. The first kappa shape index (κ1) is 18.1. The Kier molecular flexibility index (Phi) is 7.73. The normalized spacial score (nSPS) is 9.09. The zero-order valence-corrected chi connectivity index (χ0v) is 13.3. The van der Waals surface area contributed by atoms with Gasteiger partial charge in [0.25, 0.3) is 0 Å². The highest BCUT2D eigenvalue weighted by Crippen LogP contribution is 2.11. The number of nitrogens with two attached hydrogens (primary N) is 1. The van der Waals surface area contributed by atoms with Gasteiger partial charge in [-0.3, -0.25) is 4.79 Å². The second-order valence-electron chi connectivity index (χ2n) is 4.67. The van der Waals surface area contributed by atoms with Crippen LogP contribution in [-0.4, -0.2) is 20.1 Å². The molecule has 120 valence electrons. The van der Waals surface area contributed by atoms with E-state index < -0.39 is 0 Å². The molecule has 0 saturated carbocycles. The van der Waals surface area contributed by atoms with Crippen LogP contribution in [0.5, 0.6) is 11.5 Å². The second kappa shape index (κ2) is 9.85. The van der Waals surface area contributed by atoms with Crippen molar-refractivity contribution in [2.24, 2.45) is 5.73 Å². The molecule has 0 aromatic heterocycles. The summed E-state index contributed by atoms with van der Waals surface area (Å²) in [7, 11) is 3.22. The predicted octanol–water partition coefficient (Wildman–Crippen LogP) is 2.48. The van der Waals surface area contributed by atoms with E-state index in [2.05, 4.69) is 6.07 Å². The lowest BCUT2D eigenvalue weighted by Crippen LogP contribution is -2.13. The van der Waals surface area contributed by atoms with Crippen molar-refractivity contribution in [2.75, 3.05) is 14.2 Å². The molecule has 5 heteroatoms. The zero-order chi connectivity index (χ0) is 17.1. The Balaban J connectivity index is 0.000000231. The Labute approximate surface area is 136 Å². The van der Waals surface area contributed by atoms with E-state index in [-0.39, 0.29) is 12.3 Å². The van der Waals surface area contributed by atoms with Gasteiger partial charge >= 0.3 is 0 Å². The first-order valence-corrected chi connectivity index (χ1v) is 7.00. The van der Waals surface area contributed by atoms with E-state index in [1.54, 1.807) is 26.4 Å². The van der Waals surface area contributed by atoms with Crippen LogP contribution in [0, 0.1) is 11.3 Å². The molecule has 23 heavy (non-hydrogen) atoms. The number of amides is 1. The van der Waals surface area contributed by atoms with Crippen molar-refractivity contribution in [1.29, 1.82) is 5.26 Å². The molecule has 2 rings (SSSR count). The SMILES string of the molecule is COc1ccc(CC#N)cc1.COc1ccc(CC(N)=O)cc1. The fourth-order valence-electron chi connectivity index (χ4n) is 1.78. The van der Waals surface area contributed by atoms with Gasteiger partial charge in [0.2, 0.25) is 5.91 Å². The van der Waals surface area contributed by atoms with Gasteiger partial charge in [0, 0.05) is 0 Å². The maximum Gasteiger partial charge on any atom is 0.221 e. The third kappa shape index (κ3) is 7.00. The van der Waals surface area contributed by atoms with Crippen molar-refractivity contribution in [1.82, 2.24) is 0 Å². The van der Waals surface area contributed by atoms with Crippen molar-refractivity contribution in [3.8, 4) is 17.6 Å². The Bertz CT molecular complexity index is 643. The van der Waals surface area contributed by atoms with E-state index in [9.17, 15) is 4.79 Å². The fourth-order valence-corrected chi connectivity index (χ4v) is 1.78. The van der Waals surface area contributed by atoms with Gasteiger partial charge in [-0.05, 0) is 35.4 Å². The first-order chi connectivity index (χ1) is 11.1. The number of rotatable bonds is 5. The van der Waals surface area contributed by atoms with Gasteiger partial charge in [-0.2, -0.15) is 5.26 Å². The summed E-state index contributed by atoms with van der Waals surface area (Å²) in [4.78, 5) is 10.5. The van der Waals surface area contributed by atoms with Gasteiger partial charge in [-0.15, -0.1) is 0 Å². The molecule has 1 amide bonds. The monoisotopic (exact) mass is 312 g/mol. The second-order valence-corrected chi connectivity index (χ2v) is 4.67. The molecule has 2 aromatic rings. The van der Waals surface area contributed by atoms with Crippen LogP contribution in [0.1, 0.15) is 11.1 Å². The highest BCUT2D eigenvalue weighted by Gasteiger charge is 1.97. The quantitative estimate of drug-likeness (QED) is 0.919. The molecular weight excluding hydrogens is 292 g/mol. The van der Waals surface area contributed by atoms with Gasteiger partial charge in [-0.1, -0.05) is 24.3 Å². The summed E-state index contributed by atoms with van der Waals surface area (Å²) in [6.07, 6.45) is 0.744. The maximum atomic E-state index is 10.5. The standard InChI is InChI=1S/C9H11NO2.C9H9NO/c1-12-8-4-2-7(3-5-8)6-9(10)11;1-11-9-4-2-8(3-5-9)6-7-10/h2-5H,6H2,1H3,(H2,10,11);2-5H,6H2,1H3. The molecule has 0 spiro atoms. The van der Waals surface area contributed by atoms with Gasteiger partial charge in [0.15, 0.2) is 0 Å². The fraction of sp³-hybridized carbons (Fsp3) is 0.222. The summed E-state index contributed by atoms with van der Waals surface area (Å²) in [6.45, 7) is 0. The number of ether oxygens (including phenoxy) is 2. The van der Waals surface area contributed by atoms with E-state index in [1.165, 1.54) is 0 Å². The molecule has 0 unspecified atom stereocenters. The molecule has 0 saturated heterocycles. The van der Waals surface area contributed by atoms with E-state index in [1.807, 2.05) is 36.4 Å². The van der Waals surface area contributed by atoms with Gasteiger partial charge in [-0.25, -0.2) is 0 Å². The Morgan fingerprint density at radius 2 is 1.39 bits per heavy atom. The lowest BCUT2D eigenvalue weighted by Gasteiger charge is -2.00. The summed E-state index contributed by atoms with van der Waals surface area (Å²) in [5.74, 6) is 1.29. The van der Waals surface area contributed by atoms with Crippen molar-refractivity contribution in [3.05, 3.63) is 59.7 Å². The van der Waals surface area contributed by atoms with E-state index in [0.29, 0.717) is 6.42 Å². The average Bonchev–Trinajstić information content (AvgIpc) is 2.57. The minimum Gasteiger partial charge on any atom is -0.497 e. The van der Waals surface area contributed by atoms with Crippen LogP contribution in [0.2, 0.25) is 0 Å². The largest absolute Gasteiger partial charge is 0.497 e. The van der Waals surface area contributed by atoms with Gasteiger partial charge in [0.05, 0.1) is 33.1 Å². The van der Waals surface area contributed by atoms with Crippen LogP contribution in [0.3, 0.4) is 0 Å². The molecule has 2 N–H and O–H groups in total. The smallest absolute Gasteiger partial charge is 0.221 e. The molecule has 0 heterocycles. The van der Waals surface area contributed by atoms with Gasteiger partial charge < -0.3 is 15.2 Å². The van der Waals surface area contributed by atoms with E-state index in [4.69, 9.17) is 20.5 Å². The summed E-state index contributed by atoms with van der Waals surface area (Å²) in [6, 6.07) is 16.8. The Morgan fingerprint density at radius 3 is 1.74 bits per heavy atom. The highest BCUT2D eigenvalue weighted by atomic mass is 16.5. The minimum atomic E-state index is -0.319. The molecule has 0 aliphatic heterocycles. The van der Waals surface area contributed by atoms with Crippen LogP contribution in [-0.2, 0) is 17.6 Å². The average molecular weight is 312 g/mol. The molecular formula is C18H20N2O3. The molecule has 5 nitrogen and oxygen atoms in total. The number of carbonyl (C=O) groups excluding carboxylic acids is 1. The van der Waals surface area contributed by atoms with Crippen LogP contribution >= 0.6 is 0 Å². The molecule has 0 bridgehead atoms. The summed E-state index contributed by atoms with van der Waals surface area (Å²) < 4.78 is 9.92. The molecule has 0 aliphatic rings. The lowest BCUT2D eigenvalue weighted by atomic mass is 10.1. The van der Waals surface area contributed by atoms with Gasteiger partial charge in [0.1, 0.15) is 11.5 Å². The van der Waals surface area contributed by atoms with Crippen LogP contribution in [0.15, 0.2) is 48.5 Å². The Hall–Kier alpha value is -3.00. The third-order valence-corrected chi connectivity index (χ3v) is 2.98. The number of hydrogen-bond donors (Lipinski definition) is 1. The van der Waals surface area contributed by atoms with Crippen LogP contribution in [0.4, 0.5) is 0 Å². The molecule has 0 radical (unpaired) electrons. The van der Waals surface area contributed by atoms with Crippen molar-refractivity contribution >= 4 is 5.91 Å². The predicted molar refractivity (Wildman–Crippen MR) is 88.2 cm³/mol. The maximum absolute atomic E-state index is 10.5. The number of nitrogens with zero attached hydrogens (tertiary/aromatic N) is 1. The number of hydrogen-bond acceptors (Lipinski definition) is 4. The number of nitriles is 1. The zero-order valence-electron chi connectivity index (χ0n) is 13.3. The summed E-state index contributed by atoms with van der Waals surface area (Å²) in [5, 5.41) is 8.36. The number of benzene rings is 2. The number of primary amides is 1. The summed E-state index contributed by atoms with van der Waals surface area (Å²) >= 11 is 0. The molecule has 2 aromatic carbocycles. The highest BCUT2D eigenvalue weighted by molar-refractivity contribution is 5.76. The van der Waals surface area contributed by atoms with Crippen molar-refractivity contribution in [3.63, 3.8) is 0 Å². The van der Waals surface area contributed by atoms with E-state index >= 15 is 0 Å². The van der Waals surface area contributed by atoms with Crippen LogP contribution < -0.4 is 15.2 Å². The van der Waals surface area contributed by atoms with Crippen molar-refractivity contribution < 1.29 is 14.3 Å². The first-order valence-electron chi connectivity index (χ1n) is 7.00. The van der Waals surface area contributed by atoms with Crippen molar-refractivity contribution in [2.45, 2.75) is 12.8 Å². The third-order valence-electron chi connectivity index (χ3n) is 2.98. The van der Waals surface area contributed by atoms with Crippen LogP contribution in [0.25, 0.3) is 0 Å². The topological polar surface area (TPSA) is 85.3 Å². The Morgan fingerprint density at radius 1 is 0.957 bits per heavy atom. The molecule has 0 atom stereocenters. The molecule has 0 aliphatic carbocycles. The number of carbonyl (C=O) groups is 1.